The van der Waals surface area contributed by atoms with E-state index >= 15 is 9.59 Å². The molecule has 2 saturated heterocycles. The molecule has 1 spiro atoms. The molecule has 7 heterocycles. The van der Waals surface area contributed by atoms with Crippen LogP contribution in [0.1, 0.15) is 110 Å². The number of hydrogen-bond donors (Lipinski definition) is 1. The van der Waals surface area contributed by atoms with Gasteiger partial charge in [0, 0.05) is 41.5 Å². The Balaban J connectivity index is 1.32. The molecule has 1 N–H and O–H groups in total. The van der Waals surface area contributed by atoms with Crippen molar-refractivity contribution < 1.29 is 66.5 Å². The third kappa shape index (κ3) is 8.40. The second-order valence-electron chi connectivity index (χ2n) is 20.4. The molecule has 7 atom stereocenters. The molecule has 7 aliphatic heterocycles. The number of methoxy groups -OCH3 is 2. The highest BCUT2D eigenvalue weighted by atomic mass is 32.2. The van der Waals surface area contributed by atoms with Gasteiger partial charge < -0.3 is 47.4 Å². The third-order valence-corrected chi connectivity index (χ3v) is 15.1. The number of piperazine rings is 1. The molecule has 3 aromatic rings. The topological polar surface area (TPSA) is 203 Å². The fourth-order valence-corrected chi connectivity index (χ4v) is 12.9. The molecule has 3 aromatic carbocycles. The Bertz CT molecular complexity index is 2780. The van der Waals surface area contributed by atoms with Gasteiger partial charge in [-0.1, -0.05) is 18.7 Å². The van der Waals surface area contributed by atoms with Gasteiger partial charge in [0.1, 0.15) is 36.2 Å². The normalized spacial score (nSPS) is 25.0. The zero-order valence-corrected chi connectivity index (χ0v) is 42.7. The van der Waals surface area contributed by atoms with E-state index in [-0.39, 0.29) is 49.4 Å². The van der Waals surface area contributed by atoms with Crippen LogP contribution >= 0.6 is 11.8 Å². The summed E-state index contributed by atoms with van der Waals surface area (Å²) in [6.07, 6.45) is 0.734. The summed E-state index contributed by atoms with van der Waals surface area (Å²) < 4.78 is 61.2. The molecule has 1 amide bonds. The van der Waals surface area contributed by atoms with Crippen LogP contribution in [0.2, 0.25) is 0 Å². The van der Waals surface area contributed by atoms with E-state index in [1.54, 1.807) is 78.7 Å². The number of carbonyl (C=O) groups is 4. The predicted octanol–water partition coefficient (Wildman–Crippen LogP) is 7.76. The maximum absolute atomic E-state index is 15.3. The van der Waals surface area contributed by atoms with Gasteiger partial charge in [-0.3, -0.25) is 19.9 Å². The first-order chi connectivity index (χ1) is 33.7. The minimum atomic E-state index is -1.55. The van der Waals surface area contributed by atoms with Crippen LogP contribution in [0.4, 0.5) is 9.59 Å². The lowest BCUT2D eigenvalue weighted by atomic mass is 9.71. The number of nitriles is 1. The highest BCUT2D eigenvalue weighted by molar-refractivity contribution is 7.99. The van der Waals surface area contributed by atoms with E-state index in [1.807, 2.05) is 13.0 Å². The molecular formula is C52H60N4O14S. The van der Waals surface area contributed by atoms with Gasteiger partial charge in [0.2, 0.25) is 6.79 Å². The molecule has 1 unspecified atom stereocenters. The molecule has 4 bridgehead atoms. The summed E-state index contributed by atoms with van der Waals surface area (Å²) in [6, 6.07) is 3.44. The van der Waals surface area contributed by atoms with Gasteiger partial charge in [-0.05, 0) is 103 Å². The van der Waals surface area contributed by atoms with Crippen LogP contribution in [0.25, 0.3) is 0 Å². The number of amides is 1. The van der Waals surface area contributed by atoms with Crippen LogP contribution in [0.5, 0.6) is 40.2 Å². The fourth-order valence-electron chi connectivity index (χ4n) is 11.2. The third-order valence-electron chi connectivity index (χ3n) is 13.6. The lowest BCUT2D eigenvalue weighted by Gasteiger charge is -2.62. The summed E-state index contributed by atoms with van der Waals surface area (Å²) in [5.74, 6) is 0.890. The minimum Gasteiger partial charge on any atom is -0.493 e. The Hall–Kier alpha value is -6.36. The molecule has 378 valence electrons. The minimum absolute atomic E-state index is 0.00985. The molecule has 71 heavy (non-hydrogen) atoms. The largest absolute Gasteiger partial charge is 0.514 e. The van der Waals surface area contributed by atoms with Gasteiger partial charge >= 0.3 is 24.2 Å². The van der Waals surface area contributed by atoms with Crippen LogP contribution in [-0.2, 0) is 42.2 Å². The highest BCUT2D eigenvalue weighted by Gasteiger charge is 2.64. The number of carbonyl (C=O) groups excluding carboxylic acids is 4. The van der Waals surface area contributed by atoms with E-state index in [2.05, 4.69) is 22.9 Å². The standard InChI is InChI=1S/C52H60N4O14S/c1-13-16-63-44-36-29(17-25(2)41(44)62-12)18-31-32(21-53)55-33-22-64-47(58)52(30-20-34(61-11)35(19-28(30)14-15-54-52)68-49(60)70-51(8,9)10)23-71-46(40(55)39(36)56(31)48(59)69-50(5,6)7)38-37(33)45-43(65-24-66-45)26(3)42(38)67-27(4)57/h13,17,19-20,31-33,39-40,46,54H,1,14-16,18,22-24H2,2-12H3/t31-,32-,33-,39-,40?,46+,52+/m0/s1. The number of esters is 2. The van der Waals surface area contributed by atoms with Crippen molar-refractivity contribution in [2.24, 2.45) is 0 Å². The Morgan fingerprint density at radius 3 is 2.32 bits per heavy atom. The second kappa shape index (κ2) is 18.4. The summed E-state index contributed by atoms with van der Waals surface area (Å²) in [7, 11) is 2.99. The van der Waals surface area contributed by atoms with Gasteiger partial charge in [0.05, 0.1) is 49.7 Å². The maximum atomic E-state index is 15.3. The van der Waals surface area contributed by atoms with Gasteiger partial charge in [-0.2, -0.15) is 5.26 Å². The molecular weight excluding hydrogens is 937 g/mol. The van der Waals surface area contributed by atoms with E-state index < -0.39 is 76.4 Å². The molecule has 2 fully saturated rings. The number of thioether (sulfide) groups is 1. The van der Waals surface area contributed by atoms with Crippen LogP contribution in [-0.4, -0.2) is 110 Å². The second-order valence-corrected chi connectivity index (χ2v) is 21.6. The van der Waals surface area contributed by atoms with Crippen LogP contribution < -0.4 is 38.5 Å². The quantitative estimate of drug-likeness (QED) is 0.0790. The van der Waals surface area contributed by atoms with Crippen molar-refractivity contribution in [2.45, 2.75) is 127 Å². The highest BCUT2D eigenvalue weighted by Crippen LogP contribution is 2.65. The Morgan fingerprint density at radius 2 is 1.66 bits per heavy atom. The summed E-state index contributed by atoms with van der Waals surface area (Å²) >= 11 is 1.37. The van der Waals surface area contributed by atoms with Crippen molar-refractivity contribution in [3.8, 4) is 46.3 Å². The number of fused-ring (bicyclic) bond motifs is 9. The van der Waals surface area contributed by atoms with Crippen molar-refractivity contribution in [3.63, 3.8) is 0 Å². The molecule has 18 nitrogen and oxygen atoms in total. The van der Waals surface area contributed by atoms with Crippen molar-refractivity contribution in [1.82, 2.24) is 15.1 Å². The molecule has 10 rings (SSSR count). The summed E-state index contributed by atoms with van der Waals surface area (Å²) in [5, 5.41) is 14.3. The number of aryl methyl sites for hydroxylation is 1. The first-order valence-corrected chi connectivity index (χ1v) is 24.6. The van der Waals surface area contributed by atoms with Gasteiger partial charge in [0.25, 0.3) is 0 Å². The lowest BCUT2D eigenvalue weighted by molar-refractivity contribution is -0.157. The molecule has 0 saturated carbocycles. The molecule has 0 radical (unpaired) electrons. The van der Waals surface area contributed by atoms with Crippen molar-refractivity contribution in [2.75, 3.05) is 46.5 Å². The summed E-state index contributed by atoms with van der Waals surface area (Å²) in [4.78, 5) is 60.5. The maximum Gasteiger partial charge on any atom is 0.514 e. The number of ether oxygens (including phenoxy) is 10. The van der Waals surface area contributed by atoms with Crippen LogP contribution in [0.15, 0.2) is 30.9 Å². The molecule has 7 aliphatic rings. The lowest BCUT2D eigenvalue weighted by Crippen LogP contribution is -2.71. The first kappa shape index (κ1) is 49.6. The Kier molecular flexibility index (Phi) is 12.8. The average Bonchev–Trinajstić information content (AvgIpc) is 3.79. The number of hydrogen-bond acceptors (Lipinski definition) is 18. The SMILES string of the molecule is C=CCOc1c(OC)c(C)cc2c1[C@H]1C3[C@@H]4SC[C@]5(NCCc6cc(OC(=O)OC(C)(C)C)c(OC)cc65)C(=O)OC[C@@H](c5c6c(c(C)c(OC(C)=O)c54)OCO6)N3[C@@H](C#N)[C@H](C2)N1C(=O)OC(C)(C)C. The number of nitrogens with zero attached hydrogens (tertiary/aromatic N) is 3. The first-order valence-electron chi connectivity index (χ1n) is 23.6. The Labute approximate surface area is 417 Å². The van der Waals surface area contributed by atoms with Crippen molar-refractivity contribution in [1.29, 1.82) is 5.26 Å². The molecule has 0 aliphatic carbocycles. The van der Waals surface area contributed by atoms with Gasteiger partial charge in [0.15, 0.2) is 40.0 Å². The smallest absolute Gasteiger partial charge is 0.493 e. The van der Waals surface area contributed by atoms with Gasteiger partial charge in [-0.15, -0.1) is 11.8 Å². The van der Waals surface area contributed by atoms with E-state index in [0.29, 0.717) is 69.3 Å². The van der Waals surface area contributed by atoms with Gasteiger partial charge in [-0.25, -0.2) is 14.4 Å². The molecule has 19 heteroatoms. The van der Waals surface area contributed by atoms with Crippen molar-refractivity contribution in [3.05, 3.63) is 75.4 Å². The monoisotopic (exact) mass is 996 g/mol. The average molecular weight is 997 g/mol. The van der Waals surface area contributed by atoms with Crippen molar-refractivity contribution >= 4 is 35.9 Å². The summed E-state index contributed by atoms with van der Waals surface area (Å²) in [5.41, 5.74) is 1.79. The predicted molar refractivity (Wildman–Crippen MR) is 258 cm³/mol. The zero-order chi connectivity index (χ0) is 51.1. The molecule has 0 aromatic heterocycles. The number of benzene rings is 3. The zero-order valence-electron chi connectivity index (χ0n) is 41.9. The number of nitrogens with one attached hydrogen (secondary N) is 1. The van der Waals surface area contributed by atoms with Crippen LogP contribution in [0.3, 0.4) is 0 Å². The van der Waals surface area contributed by atoms with E-state index in [0.717, 1.165) is 11.1 Å². The van der Waals surface area contributed by atoms with E-state index in [4.69, 9.17) is 47.4 Å². The Morgan fingerprint density at radius 1 is 0.930 bits per heavy atom. The summed E-state index contributed by atoms with van der Waals surface area (Å²) in [6.45, 7) is 19.5. The van der Waals surface area contributed by atoms with Crippen LogP contribution in [0, 0.1) is 25.2 Å². The number of rotatable bonds is 7. The van der Waals surface area contributed by atoms with E-state index in [1.165, 1.54) is 25.8 Å². The van der Waals surface area contributed by atoms with E-state index in [9.17, 15) is 14.9 Å². The fraction of sp³-hybridized carbons (Fsp3) is 0.519.